The normalized spacial score (nSPS) is 14.7. The van der Waals surface area contributed by atoms with Gasteiger partial charge >= 0.3 is 11.9 Å². The molecule has 0 aliphatic heterocycles. The molecule has 1 rings (SSSR count). The Bertz CT molecular complexity index is 436. The van der Waals surface area contributed by atoms with Crippen LogP contribution in [-0.2, 0) is 20.7 Å². The summed E-state index contributed by atoms with van der Waals surface area (Å²) >= 11 is 1.48. The van der Waals surface area contributed by atoms with Crippen LogP contribution in [0.4, 0.5) is 0 Å². The molecule has 0 aliphatic carbocycles. The third-order valence-corrected chi connectivity index (χ3v) is 3.27. The highest BCUT2D eigenvalue weighted by Gasteiger charge is 2.36. The lowest BCUT2D eigenvalue weighted by Gasteiger charge is -2.24. The van der Waals surface area contributed by atoms with Crippen molar-refractivity contribution in [3.63, 3.8) is 0 Å². The minimum absolute atomic E-state index is 0.341. The Hall–Kier alpha value is -1.40. The molecule has 5 nitrogen and oxygen atoms in total. The number of carboxylic acids is 1. The number of carboxylic acid groups (broad SMARTS) is 1. The van der Waals surface area contributed by atoms with Crippen molar-refractivity contribution in [3.05, 3.63) is 22.4 Å². The van der Waals surface area contributed by atoms with Crippen LogP contribution < -0.4 is 5.73 Å². The van der Waals surface area contributed by atoms with Gasteiger partial charge in [-0.3, -0.25) is 9.59 Å². The third kappa shape index (κ3) is 5.00. The fraction of sp³-hybridized carbons (Fsp3) is 0.538. The summed E-state index contributed by atoms with van der Waals surface area (Å²) in [6.07, 6.45) is 0.341. The van der Waals surface area contributed by atoms with Crippen LogP contribution in [0.15, 0.2) is 17.5 Å². The molecule has 6 heteroatoms. The molecular weight excluding hydrogens is 266 g/mol. The van der Waals surface area contributed by atoms with E-state index >= 15 is 0 Å². The van der Waals surface area contributed by atoms with Crippen molar-refractivity contribution in [1.82, 2.24) is 0 Å². The molecule has 0 aliphatic rings. The number of rotatable bonds is 5. The van der Waals surface area contributed by atoms with Crippen molar-refractivity contribution in [1.29, 1.82) is 0 Å². The van der Waals surface area contributed by atoms with E-state index in [4.69, 9.17) is 15.6 Å². The highest BCUT2D eigenvalue weighted by atomic mass is 32.1. The molecule has 0 saturated carbocycles. The van der Waals surface area contributed by atoms with E-state index in [9.17, 15) is 9.59 Å². The standard InChI is InChI=1S/C13H19NO4S/c1-13(2,3)18-12(17)10(11(15)16)9(14)7-8-5-4-6-19-8/h4-6,9-10H,7,14H2,1-3H3,(H,15,16). The summed E-state index contributed by atoms with van der Waals surface area (Å²) in [5.41, 5.74) is 5.13. The molecule has 0 spiro atoms. The highest BCUT2D eigenvalue weighted by molar-refractivity contribution is 7.09. The molecule has 2 atom stereocenters. The van der Waals surface area contributed by atoms with E-state index in [1.807, 2.05) is 17.5 Å². The maximum absolute atomic E-state index is 11.9. The van der Waals surface area contributed by atoms with Crippen molar-refractivity contribution >= 4 is 23.3 Å². The molecule has 19 heavy (non-hydrogen) atoms. The van der Waals surface area contributed by atoms with E-state index in [-0.39, 0.29) is 0 Å². The molecule has 0 saturated heterocycles. The third-order valence-electron chi connectivity index (χ3n) is 2.37. The molecule has 0 radical (unpaired) electrons. The van der Waals surface area contributed by atoms with Crippen molar-refractivity contribution in [2.45, 2.75) is 38.8 Å². The predicted octanol–water partition coefficient (Wildman–Crippen LogP) is 1.66. The van der Waals surface area contributed by atoms with Gasteiger partial charge in [0.15, 0.2) is 5.92 Å². The summed E-state index contributed by atoms with van der Waals surface area (Å²) in [5.74, 6) is -3.39. The van der Waals surface area contributed by atoms with Gasteiger partial charge in [0.25, 0.3) is 0 Å². The first-order valence-corrected chi connectivity index (χ1v) is 6.82. The van der Waals surface area contributed by atoms with Gasteiger partial charge in [-0.1, -0.05) is 6.07 Å². The summed E-state index contributed by atoms with van der Waals surface area (Å²) in [6.45, 7) is 5.07. The van der Waals surface area contributed by atoms with Gasteiger partial charge in [-0.15, -0.1) is 11.3 Å². The summed E-state index contributed by atoms with van der Waals surface area (Å²) in [6, 6.07) is 2.92. The van der Waals surface area contributed by atoms with E-state index in [2.05, 4.69) is 0 Å². The zero-order valence-corrected chi connectivity index (χ0v) is 12.1. The predicted molar refractivity (Wildman–Crippen MR) is 73.0 cm³/mol. The van der Waals surface area contributed by atoms with Crippen LogP contribution in [0.3, 0.4) is 0 Å². The molecule has 1 heterocycles. The second kappa shape index (κ2) is 6.16. The Morgan fingerprint density at radius 2 is 2.11 bits per heavy atom. The molecule has 2 unspecified atom stereocenters. The molecular formula is C13H19NO4S. The van der Waals surface area contributed by atoms with Gasteiger partial charge in [0.05, 0.1) is 0 Å². The largest absolute Gasteiger partial charge is 0.481 e. The molecule has 1 aromatic heterocycles. The molecule has 1 aromatic rings. The highest BCUT2D eigenvalue weighted by Crippen LogP contribution is 2.18. The summed E-state index contributed by atoms with van der Waals surface area (Å²) < 4.78 is 5.11. The number of esters is 1. The zero-order chi connectivity index (χ0) is 14.6. The lowest BCUT2D eigenvalue weighted by molar-refractivity contribution is -0.167. The molecule has 3 N–H and O–H groups in total. The van der Waals surface area contributed by atoms with Crippen LogP contribution in [0.5, 0.6) is 0 Å². The maximum atomic E-state index is 11.9. The summed E-state index contributed by atoms with van der Waals surface area (Å²) in [4.78, 5) is 24.1. The molecule has 0 amide bonds. The monoisotopic (exact) mass is 285 g/mol. The fourth-order valence-corrected chi connectivity index (χ4v) is 2.38. The number of hydrogen-bond acceptors (Lipinski definition) is 5. The fourth-order valence-electron chi connectivity index (χ4n) is 1.60. The molecule has 0 fully saturated rings. The Balaban J connectivity index is 2.76. The number of thiophene rings is 1. The van der Waals surface area contributed by atoms with E-state index in [0.29, 0.717) is 6.42 Å². The number of carbonyl (C=O) groups is 2. The number of nitrogens with two attached hydrogens (primary N) is 1. The quantitative estimate of drug-likeness (QED) is 0.634. The van der Waals surface area contributed by atoms with Crippen molar-refractivity contribution < 1.29 is 19.4 Å². The average Bonchev–Trinajstić information content (AvgIpc) is 2.66. The Morgan fingerprint density at radius 3 is 2.53 bits per heavy atom. The first-order valence-electron chi connectivity index (χ1n) is 5.94. The van der Waals surface area contributed by atoms with Gasteiger partial charge in [0, 0.05) is 10.9 Å². The number of carbonyl (C=O) groups excluding carboxylic acids is 1. The summed E-state index contributed by atoms with van der Waals surface area (Å²) in [7, 11) is 0. The minimum Gasteiger partial charge on any atom is -0.481 e. The molecule has 106 valence electrons. The Labute approximate surface area is 116 Å². The van der Waals surface area contributed by atoms with Crippen LogP contribution in [-0.4, -0.2) is 28.7 Å². The van der Waals surface area contributed by atoms with Crippen molar-refractivity contribution in [2.24, 2.45) is 11.7 Å². The Morgan fingerprint density at radius 1 is 1.47 bits per heavy atom. The van der Waals surface area contributed by atoms with Gasteiger partial charge in [-0.05, 0) is 38.6 Å². The van der Waals surface area contributed by atoms with E-state index in [1.54, 1.807) is 20.8 Å². The topological polar surface area (TPSA) is 89.6 Å². The van der Waals surface area contributed by atoms with Crippen LogP contribution >= 0.6 is 11.3 Å². The van der Waals surface area contributed by atoms with Crippen LogP contribution in [0.25, 0.3) is 0 Å². The van der Waals surface area contributed by atoms with Crippen molar-refractivity contribution in [2.75, 3.05) is 0 Å². The smallest absolute Gasteiger partial charge is 0.322 e. The summed E-state index contributed by atoms with van der Waals surface area (Å²) in [5, 5.41) is 11.0. The lowest BCUT2D eigenvalue weighted by atomic mass is 9.97. The Kier molecular flexibility index (Phi) is 5.08. The number of ether oxygens (including phenoxy) is 1. The van der Waals surface area contributed by atoms with E-state index in [0.717, 1.165) is 4.88 Å². The van der Waals surface area contributed by atoms with Crippen LogP contribution in [0.2, 0.25) is 0 Å². The van der Waals surface area contributed by atoms with Gasteiger partial charge in [-0.2, -0.15) is 0 Å². The van der Waals surface area contributed by atoms with Gasteiger partial charge < -0.3 is 15.6 Å². The van der Waals surface area contributed by atoms with Crippen LogP contribution in [0.1, 0.15) is 25.6 Å². The zero-order valence-electron chi connectivity index (χ0n) is 11.3. The van der Waals surface area contributed by atoms with Gasteiger partial charge in [0.2, 0.25) is 0 Å². The van der Waals surface area contributed by atoms with Crippen LogP contribution in [0, 0.1) is 5.92 Å². The van der Waals surface area contributed by atoms with E-state index < -0.39 is 29.5 Å². The SMILES string of the molecule is CC(C)(C)OC(=O)C(C(=O)O)C(N)Cc1cccs1. The van der Waals surface area contributed by atoms with Gasteiger partial charge in [-0.25, -0.2) is 0 Å². The van der Waals surface area contributed by atoms with Crippen molar-refractivity contribution in [3.8, 4) is 0 Å². The minimum atomic E-state index is -1.35. The molecule has 0 bridgehead atoms. The number of aliphatic carboxylic acids is 1. The lowest BCUT2D eigenvalue weighted by Crippen LogP contribution is -2.45. The first kappa shape index (κ1) is 15.7. The maximum Gasteiger partial charge on any atom is 0.322 e. The second-order valence-corrected chi connectivity index (χ2v) is 6.33. The van der Waals surface area contributed by atoms with E-state index in [1.165, 1.54) is 11.3 Å². The van der Waals surface area contributed by atoms with Gasteiger partial charge in [0.1, 0.15) is 5.60 Å². The molecule has 0 aromatic carbocycles. The number of hydrogen-bond donors (Lipinski definition) is 2. The first-order chi connectivity index (χ1) is 8.70. The second-order valence-electron chi connectivity index (χ2n) is 5.30. The average molecular weight is 285 g/mol.